The summed E-state index contributed by atoms with van der Waals surface area (Å²) in [5, 5.41) is 26.3. The Morgan fingerprint density at radius 2 is 2.07 bits per heavy atom. The summed E-state index contributed by atoms with van der Waals surface area (Å²) in [6.45, 7) is 3.40. The van der Waals surface area contributed by atoms with Crippen molar-refractivity contribution in [2.75, 3.05) is 25.2 Å². The molecule has 152 valence electrons. The molecule has 0 saturated carbocycles. The summed E-state index contributed by atoms with van der Waals surface area (Å²) in [5.41, 5.74) is 6.48. The first kappa shape index (κ1) is 19.3. The summed E-state index contributed by atoms with van der Waals surface area (Å²) in [5.74, 6) is -0.506. The van der Waals surface area contributed by atoms with E-state index in [9.17, 15) is 5.11 Å². The van der Waals surface area contributed by atoms with Gasteiger partial charge < -0.3 is 30.4 Å². The number of fused-ring (bicyclic) bond motifs is 2. The molecule has 4 heterocycles. The molecule has 28 heavy (non-hydrogen) atoms. The second kappa shape index (κ2) is 6.81. The molecule has 2 fully saturated rings. The van der Waals surface area contributed by atoms with Gasteiger partial charge in [-0.15, -0.1) is 0 Å². The van der Waals surface area contributed by atoms with Crippen LogP contribution in [0, 0.1) is 5.41 Å². The first-order valence-electron chi connectivity index (χ1n) is 8.78. The molecule has 2 aliphatic heterocycles. The number of nitrogens with zero attached hydrogens (tertiary/aromatic N) is 4. The largest absolute Gasteiger partial charge is 0.394 e. The maximum atomic E-state index is 9.74. The second-order valence-corrected chi connectivity index (χ2v) is 7.80. The molecule has 0 aliphatic carbocycles. The van der Waals surface area contributed by atoms with Gasteiger partial charge in [-0.25, -0.2) is 14.6 Å². The van der Waals surface area contributed by atoms with Crippen molar-refractivity contribution in [2.24, 2.45) is 5.73 Å². The highest BCUT2D eigenvalue weighted by Gasteiger charge is 2.56. The molecule has 4 atom stereocenters. The smallest absolute Gasteiger partial charge is 0.191 e. The molecule has 2 aromatic heterocycles. The van der Waals surface area contributed by atoms with Gasteiger partial charge in [0.25, 0.3) is 0 Å². The molecule has 11 nitrogen and oxygen atoms in total. The number of nitrogens with one attached hydrogen (secondary N) is 2. The molecule has 2 aliphatic rings. The molecule has 2 saturated heterocycles. The monoisotopic (exact) mass is 409 g/mol. The molecule has 0 spiro atoms. The van der Waals surface area contributed by atoms with Crippen molar-refractivity contribution in [1.82, 2.24) is 19.7 Å². The van der Waals surface area contributed by atoms with Gasteiger partial charge in [-0.2, -0.15) is 5.10 Å². The van der Waals surface area contributed by atoms with E-state index in [4.69, 9.17) is 25.4 Å². The summed E-state index contributed by atoms with van der Waals surface area (Å²) < 4.78 is 19.5. The van der Waals surface area contributed by atoms with E-state index in [-0.39, 0.29) is 18.1 Å². The molecule has 4 rings (SSSR count). The quantitative estimate of drug-likeness (QED) is 0.234. The zero-order valence-corrected chi connectivity index (χ0v) is 16.8. The van der Waals surface area contributed by atoms with Crippen molar-refractivity contribution in [3.05, 3.63) is 5.69 Å². The van der Waals surface area contributed by atoms with E-state index in [1.54, 1.807) is 11.7 Å². The lowest BCUT2D eigenvalue weighted by atomic mass is 10.1. The SMILES string of the molecule is CNc1nc(SC)nc2c1c(C(=N)N)nn2[C@@H]1O[C@H](CO)[C@H]2OC(C)(C)O[C@H]21. The third kappa shape index (κ3) is 2.92. The fourth-order valence-electron chi connectivity index (χ4n) is 3.66. The Labute approximate surface area is 165 Å². The van der Waals surface area contributed by atoms with Gasteiger partial charge in [0.05, 0.1) is 12.0 Å². The molecule has 12 heteroatoms. The molecule has 0 unspecified atom stereocenters. The van der Waals surface area contributed by atoms with E-state index in [0.717, 1.165) is 0 Å². The summed E-state index contributed by atoms with van der Waals surface area (Å²) >= 11 is 1.38. The number of nitrogens with two attached hydrogens (primary N) is 1. The standard InChI is InChI=1S/C16H23N7O4S/c1-16(2)26-9-6(5-24)25-14(10(9)27-16)23-13-7(8(22-23)11(17)18)12(19-3)20-15(21-13)28-4/h6,9-10,14,24H,5H2,1-4H3,(H3,17,18)(H,19,20,21)/t6-,9-,10-,14-/m1/s1. The van der Waals surface area contributed by atoms with Gasteiger partial charge >= 0.3 is 0 Å². The molecule has 0 aromatic carbocycles. The first-order valence-corrected chi connectivity index (χ1v) is 10.0. The lowest BCUT2D eigenvalue weighted by Gasteiger charge is -2.23. The normalized spacial score (nSPS) is 28.6. The second-order valence-electron chi connectivity index (χ2n) is 7.03. The van der Waals surface area contributed by atoms with Crippen LogP contribution in [0.15, 0.2) is 5.16 Å². The van der Waals surface area contributed by atoms with Gasteiger partial charge in [0, 0.05) is 7.05 Å². The third-order valence-electron chi connectivity index (χ3n) is 4.75. The van der Waals surface area contributed by atoms with E-state index < -0.39 is 30.3 Å². The van der Waals surface area contributed by atoms with E-state index in [1.165, 1.54) is 11.8 Å². The Bertz CT molecular complexity index is 933. The van der Waals surface area contributed by atoms with Gasteiger partial charge in [0.15, 0.2) is 22.8 Å². The van der Waals surface area contributed by atoms with Crippen molar-refractivity contribution in [1.29, 1.82) is 5.41 Å². The lowest BCUT2D eigenvalue weighted by Crippen LogP contribution is -2.31. The van der Waals surface area contributed by atoms with Crippen LogP contribution in [-0.4, -0.2) is 74.7 Å². The number of nitrogen functional groups attached to an aromatic ring is 1. The summed E-state index contributed by atoms with van der Waals surface area (Å²) in [6.07, 6.45) is -0.346. The van der Waals surface area contributed by atoms with Crippen LogP contribution in [0.1, 0.15) is 25.8 Å². The van der Waals surface area contributed by atoms with Crippen LogP contribution >= 0.6 is 11.8 Å². The Morgan fingerprint density at radius 3 is 2.68 bits per heavy atom. The number of ether oxygens (including phenoxy) is 3. The van der Waals surface area contributed by atoms with Gasteiger partial charge in [0.1, 0.15) is 35.7 Å². The predicted molar refractivity (Wildman–Crippen MR) is 102 cm³/mol. The molecule has 5 N–H and O–H groups in total. The van der Waals surface area contributed by atoms with Crippen molar-refractivity contribution in [2.45, 2.75) is 49.3 Å². The third-order valence-corrected chi connectivity index (χ3v) is 5.30. The summed E-state index contributed by atoms with van der Waals surface area (Å²) in [6, 6.07) is 0. The number of aromatic nitrogens is 4. The van der Waals surface area contributed by atoms with Crippen molar-refractivity contribution in [3.63, 3.8) is 0 Å². The van der Waals surface area contributed by atoms with E-state index in [0.29, 0.717) is 22.0 Å². The maximum Gasteiger partial charge on any atom is 0.191 e. The van der Waals surface area contributed by atoms with Gasteiger partial charge in [-0.05, 0) is 20.1 Å². The van der Waals surface area contributed by atoms with Crippen LogP contribution in [-0.2, 0) is 14.2 Å². The van der Waals surface area contributed by atoms with Crippen LogP contribution < -0.4 is 11.1 Å². The van der Waals surface area contributed by atoms with E-state index >= 15 is 0 Å². The molecule has 0 radical (unpaired) electrons. The average Bonchev–Trinajstić information content (AvgIpc) is 3.28. The minimum atomic E-state index is -0.813. The number of hydrogen-bond acceptors (Lipinski definition) is 10. The van der Waals surface area contributed by atoms with Crippen molar-refractivity contribution in [3.8, 4) is 0 Å². The highest BCUT2D eigenvalue weighted by molar-refractivity contribution is 7.98. The molecule has 0 bridgehead atoms. The summed E-state index contributed by atoms with van der Waals surface area (Å²) in [7, 11) is 1.73. The predicted octanol–water partition coefficient (Wildman–Crippen LogP) is 0.284. The molecule has 0 amide bonds. The highest BCUT2D eigenvalue weighted by Crippen LogP contribution is 2.44. The zero-order chi connectivity index (χ0) is 20.2. The Hall–Kier alpha value is -1.99. The number of thioether (sulfide) groups is 1. The van der Waals surface area contributed by atoms with Gasteiger partial charge in [-0.3, -0.25) is 5.41 Å². The number of aliphatic hydroxyl groups is 1. The average molecular weight is 409 g/mol. The van der Waals surface area contributed by atoms with Crippen molar-refractivity contribution >= 4 is 34.4 Å². The topological polar surface area (TPSA) is 153 Å². The van der Waals surface area contributed by atoms with Gasteiger partial charge in [0.2, 0.25) is 0 Å². The molecular weight excluding hydrogens is 386 g/mol. The number of aliphatic hydroxyl groups excluding tert-OH is 1. The first-order chi connectivity index (χ1) is 13.3. The highest BCUT2D eigenvalue weighted by atomic mass is 32.2. The zero-order valence-electron chi connectivity index (χ0n) is 16.0. The van der Waals surface area contributed by atoms with Gasteiger partial charge in [-0.1, -0.05) is 11.8 Å². The minimum absolute atomic E-state index is 0.210. The Kier molecular flexibility index (Phi) is 4.70. The number of anilines is 1. The van der Waals surface area contributed by atoms with Crippen LogP contribution in [0.5, 0.6) is 0 Å². The van der Waals surface area contributed by atoms with Crippen LogP contribution in [0.25, 0.3) is 11.0 Å². The Balaban J connectivity index is 1.90. The fourth-order valence-corrected chi connectivity index (χ4v) is 4.02. The van der Waals surface area contributed by atoms with Crippen LogP contribution in [0.2, 0.25) is 0 Å². The molecule has 2 aromatic rings. The fraction of sp³-hybridized carbons (Fsp3) is 0.625. The van der Waals surface area contributed by atoms with Crippen molar-refractivity contribution < 1.29 is 19.3 Å². The van der Waals surface area contributed by atoms with Crippen LogP contribution in [0.3, 0.4) is 0 Å². The number of amidine groups is 1. The number of hydrogen-bond donors (Lipinski definition) is 4. The van der Waals surface area contributed by atoms with E-state index in [2.05, 4.69) is 20.4 Å². The molecular formula is C16H23N7O4S. The lowest BCUT2D eigenvalue weighted by molar-refractivity contribution is -0.201. The Morgan fingerprint density at radius 1 is 1.36 bits per heavy atom. The van der Waals surface area contributed by atoms with Crippen LogP contribution in [0.4, 0.5) is 5.82 Å². The summed E-state index contributed by atoms with van der Waals surface area (Å²) in [4.78, 5) is 9.01. The van der Waals surface area contributed by atoms with E-state index in [1.807, 2.05) is 20.1 Å². The maximum absolute atomic E-state index is 9.74. The minimum Gasteiger partial charge on any atom is -0.394 e. The number of rotatable bonds is 5.